The van der Waals surface area contributed by atoms with Crippen LogP contribution in [0.25, 0.3) is 43.2 Å². The Bertz CT molecular complexity index is 1670. The molecule has 3 aliphatic carbocycles. The predicted octanol–water partition coefficient (Wildman–Crippen LogP) is 6.05. The zero-order valence-corrected chi connectivity index (χ0v) is 21.4. The number of aryl methyl sites for hydroxylation is 1. The average molecular weight is 529 g/mol. The molecule has 3 aliphatic rings. The molecule has 0 radical (unpaired) electrons. The second-order valence-corrected chi connectivity index (χ2v) is 11.4. The van der Waals surface area contributed by atoms with Crippen LogP contribution in [0.2, 0.25) is 0 Å². The van der Waals surface area contributed by atoms with Crippen molar-refractivity contribution in [1.82, 2.24) is 24.9 Å². The molecule has 1 unspecified atom stereocenters. The predicted molar refractivity (Wildman–Crippen MR) is 144 cm³/mol. The summed E-state index contributed by atoms with van der Waals surface area (Å²) >= 11 is 1.46. The third-order valence-electron chi connectivity index (χ3n) is 8.06. The zero-order valence-electron chi connectivity index (χ0n) is 20.6. The first-order chi connectivity index (χ1) is 18.5. The van der Waals surface area contributed by atoms with Crippen molar-refractivity contribution in [3.63, 3.8) is 0 Å². The van der Waals surface area contributed by atoms with Crippen LogP contribution < -0.4 is 5.32 Å². The summed E-state index contributed by atoms with van der Waals surface area (Å²) in [5, 5.41) is 14.3. The minimum absolute atomic E-state index is 0.0289. The third kappa shape index (κ3) is 3.74. The lowest BCUT2D eigenvalue weighted by Gasteiger charge is -2.47. The first-order valence-electron chi connectivity index (χ1n) is 12.8. The summed E-state index contributed by atoms with van der Waals surface area (Å²) in [6.07, 6.45) is 7.08. The number of nitrogens with one attached hydrogen (secondary N) is 2. The Morgan fingerprint density at radius 3 is 2.71 bits per heavy atom. The van der Waals surface area contributed by atoms with E-state index in [0.29, 0.717) is 27.4 Å². The smallest absolute Gasteiger partial charge is 0.308 e. The van der Waals surface area contributed by atoms with E-state index in [-0.39, 0.29) is 23.3 Å². The van der Waals surface area contributed by atoms with Gasteiger partial charge in [-0.25, -0.2) is 24.3 Å². The number of carboxylic acid groups (broad SMARTS) is 1. The fraction of sp³-hybridized carbons (Fsp3) is 0.321. The number of aliphatic carboxylic acids is 1. The number of fused-ring (bicyclic) bond motifs is 5. The highest BCUT2D eigenvalue weighted by molar-refractivity contribution is 7.22. The number of anilines is 1. The molecular formula is C28H25FN6O2S. The second-order valence-electron chi connectivity index (χ2n) is 10.3. The van der Waals surface area contributed by atoms with Crippen LogP contribution in [0, 0.1) is 30.5 Å². The van der Waals surface area contributed by atoms with E-state index in [1.165, 1.54) is 11.3 Å². The Labute approximate surface area is 221 Å². The maximum atomic E-state index is 16.2. The molecule has 8 rings (SSSR count). The highest BCUT2D eigenvalue weighted by Gasteiger charge is 2.47. The second kappa shape index (κ2) is 8.83. The molecule has 0 spiro atoms. The quantitative estimate of drug-likeness (QED) is 0.254. The van der Waals surface area contributed by atoms with Gasteiger partial charge < -0.3 is 15.4 Å². The highest BCUT2D eigenvalue weighted by atomic mass is 32.1. The van der Waals surface area contributed by atoms with Gasteiger partial charge in [0.25, 0.3) is 0 Å². The van der Waals surface area contributed by atoms with Gasteiger partial charge >= 0.3 is 5.97 Å². The van der Waals surface area contributed by atoms with Crippen LogP contribution in [-0.2, 0) is 4.79 Å². The molecule has 4 aromatic heterocycles. The summed E-state index contributed by atoms with van der Waals surface area (Å²) < 4.78 is 17.3. The van der Waals surface area contributed by atoms with Gasteiger partial charge in [0.2, 0.25) is 0 Å². The van der Waals surface area contributed by atoms with Crippen molar-refractivity contribution in [2.45, 2.75) is 38.6 Å². The first-order valence-corrected chi connectivity index (χ1v) is 13.6. The zero-order chi connectivity index (χ0) is 26.0. The number of carboxylic acids is 1. The Morgan fingerprint density at radius 1 is 1.13 bits per heavy atom. The molecule has 5 aromatic rings. The molecule has 2 bridgehead atoms. The number of rotatable bonds is 5. The molecule has 0 amide bonds. The molecule has 38 heavy (non-hydrogen) atoms. The van der Waals surface area contributed by atoms with Crippen LogP contribution in [0.4, 0.5) is 10.2 Å². The van der Waals surface area contributed by atoms with Crippen LogP contribution in [0.5, 0.6) is 0 Å². The number of aromatic nitrogens is 5. The topological polar surface area (TPSA) is 117 Å². The molecule has 2 atom stereocenters. The Hall–Kier alpha value is -3.92. The lowest BCUT2D eigenvalue weighted by Crippen LogP contribution is -2.51. The maximum absolute atomic E-state index is 16.2. The van der Waals surface area contributed by atoms with Gasteiger partial charge in [-0.05, 0) is 62.0 Å². The third-order valence-corrected chi connectivity index (χ3v) is 9.18. The van der Waals surface area contributed by atoms with Crippen molar-refractivity contribution >= 4 is 44.4 Å². The summed E-state index contributed by atoms with van der Waals surface area (Å²) in [5.41, 5.74) is 2.73. The van der Waals surface area contributed by atoms with Crippen molar-refractivity contribution < 1.29 is 14.3 Å². The lowest BCUT2D eigenvalue weighted by molar-refractivity contribution is -0.148. The van der Waals surface area contributed by atoms with Crippen molar-refractivity contribution in [2.24, 2.45) is 17.8 Å². The van der Waals surface area contributed by atoms with Crippen LogP contribution >= 0.6 is 11.3 Å². The Kier molecular flexibility index (Phi) is 5.40. The fourth-order valence-electron chi connectivity index (χ4n) is 6.25. The van der Waals surface area contributed by atoms with Gasteiger partial charge in [-0.3, -0.25) is 4.79 Å². The van der Waals surface area contributed by atoms with Gasteiger partial charge in [-0.1, -0.05) is 18.2 Å². The molecule has 10 heteroatoms. The molecule has 3 fully saturated rings. The number of carbonyl (C=O) groups is 1. The largest absolute Gasteiger partial charge is 0.481 e. The van der Waals surface area contributed by atoms with Crippen LogP contribution in [-0.4, -0.2) is 42.0 Å². The molecule has 3 N–H and O–H groups in total. The van der Waals surface area contributed by atoms with Crippen molar-refractivity contribution in [3.05, 3.63) is 54.2 Å². The number of hydrogen-bond acceptors (Lipinski definition) is 7. The highest BCUT2D eigenvalue weighted by Crippen LogP contribution is 2.47. The van der Waals surface area contributed by atoms with Crippen molar-refractivity contribution in [1.29, 1.82) is 0 Å². The summed E-state index contributed by atoms with van der Waals surface area (Å²) in [6, 6.07) is 9.43. The monoisotopic (exact) mass is 528 g/mol. The van der Waals surface area contributed by atoms with Gasteiger partial charge in [-0.2, -0.15) is 0 Å². The lowest BCUT2D eigenvalue weighted by atomic mass is 9.61. The molecule has 192 valence electrons. The number of thiophene rings is 1. The SMILES string of the molecule is Cc1cnc2[nH]cc(-c3nc(NC4C5CCC(CC5)[C@@H]4C(=O)O)c(F)c(-c4cc5ccccc5s4)n3)c2n1. The van der Waals surface area contributed by atoms with Gasteiger partial charge in [0.1, 0.15) is 11.2 Å². The molecule has 0 saturated heterocycles. The molecular weight excluding hydrogens is 503 g/mol. The van der Waals surface area contributed by atoms with E-state index in [4.69, 9.17) is 4.98 Å². The summed E-state index contributed by atoms with van der Waals surface area (Å²) in [7, 11) is 0. The molecule has 3 saturated carbocycles. The Balaban J connectivity index is 1.40. The van der Waals surface area contributed by atoms with Crippen molar-refractivity contribution in [3.8, 4) is 22.0 Å². The average Bonchev–Trinajstić information content (AvgIpc) is 3.54. The number of aromatic amines is 1. The summed E-state index contributed by atoms with van der Waals surface area (Å²) in [6.45, 7) is 1.86. The van der Waals surface area contributed by atoms with E-state index >= 15 is 4.39 Å². The number of nitrogens with zero attached hydrogens (tertiary/aromatic N) is 4. The summed E-state index contributed by atoms with van der Waals surface area (Å²) in [5.74, 6) is -1.40. The standard InChI is InChI=1S/C28H25FN6O2S/c1-13-11-30-27-23(32-13)17(12-31-27)25-34-24(19-10-16-4-2-3-5-18(16)38-19)21(29)26(35-25)33-22-15-8-6-14(7-9-15)20(22)28(36)37/h2-5,10-12,14-15,20,22H,6-9H2,1H3,(H,30,31)(H,36,37)(H,33,34,35)/t14?,15?,20-,22?/m0/s1. The van der Waals surface area contributed by atoms with Gasteiger partial charge in [-0.15, -0.1) is 11.3 Å². The number of hydrogen-bond donors (Lipinski definition) is 3. The van der Waals surface area contributed by atoms with E-state index in [2.05, 4.69) is 25.3 Å². The van der Waals surface area contributed by atoms with E-state index in [9.17, 15) is 9.90 Å². The van der Waals surface area contributed by atoms with Crippen LogP contribution in [0.15, 0.2) is 42.7 Å². The van der Waals surface area contributed by atoms with Gasteiger partial charge in [0.05, 0.1) is 28.2 Å². The molecule has 4 heterocycles. The van der Waals surface area contributed by atoms with Crippen LogP contribution in [0.1, 0.15) is 31.4 Å². The number of benzene rings is 1. The van der Waals surface area contributed by atoms with Crippen molar-refractivity contribution in [2.75, 3.05) is 5.32 Å². The molecule has 1 aromatic carbocycles. The normalized spacial score (nSPS) is 22.8. The van der Waals surface area contributed by atoms with E-state index < -0.39 is 23.7 Å². The number of halogens is 1. The Morgan fingerprint density at radius 2 is 1.92 bits per heavy atom. The van der Waals surface area contributed by atoms with Gasteiger partial charge in [0, 0.05) is 16.9 Å². The first kappa shape index (κ1) is 23.2. The minimum Gasteiger partial charge on any atom is -0.481 e. The van der Waals surface area contributed by atoms with E-state index in [1.54, 1.807) is 12.4 Å². The summed E-state index contributed by atoms with van der Waals surface area (Å²) in [4.78, 5) is 34.4. The molecule has 0 aliphatic heterocycles. The molecule has 8 nitrogen and oxygen atoms in total. The number of H-pyrrole nitrogens is 1. The minimum atomic E-state index is -0.835. The fourth-order valence-corrected chi connectivity index (χ4v) is 7.29. The van der Waals surface area contributed by atoms with E-state index in [1.807, 2.05) is 37.3 Å². The maximum Gasteiger partial charge on any atom is 0.308 e. The van der Waals surface area contributed by atoms with E-state index in [0.717, 1.165) is 41.5 Å². The van der Waals surface area contributed by atoms with Gasteiger partial charge in [0.15, 0.2) is 23.1 Å². The van der Waals surface area contributed by atoms with Crippen LogP contribution in [0.3, 0.4) is 0 Å².